The lowest BCUT2D eigenvalue weighted by molar-refractivity contribution is 0.0925. The molecule has 24 heavy (non-hydrogen) atoms. The number of benzene rings is 2. The van der Waals surface area contributed by atoms with E-state index in [4.69, 9.17) is 0 Å². The third kappa shape index (κ3) is 3.08. The van der Waals surface area contributed by atoms with Crippen molar-refractivity contribution >= 4 is 16.7 Å². The molecular formula is C19H18F2N2O. The first-order valence-corrected chi connectivity index (χ1v) is 7.72. The number of Topliss-reactive ketones (excluding diaryl/α,β-unsaturated/α-hetero) is 1. The molecule has 1 atom stereocenters. The summed E-state index contributed by atoms with van der Waals surface area (Å²) in [4.78, 5) is 17.4. The van der Waals surface area contributed by atoms with Gasteiger partial charge in [-0.2, -0.15) is 0 Å². The molecule has 0 aliphatic carbocycles. The summed E-state index contributed by atoms with van der Waals surface area (Å²) >= 11 is 0. The van der Waals surface area contributed by atoms with Gasteiger partial charge in [0.25, 0.3) is 0 Å². The molecule has 3 aromatic rings. The molecule has 0 bridgehead atoms. The van der Waals surface area contributed by atoms with E-state index >= 15 is 0 Å². The van der Waals surface area contributed by atoms with Crippen LogP contribution in [0.1, 0.15) is 28.9 Å². The molecule has 0 radical (unpaired) electrons. The number of rotatable bonds is 5. The SMILES string of the molecule is CC(c1cc(F)ccc1F)N(C)CC(=O)c1c[nH]c2ccccc12. The van der Waals surface area contributed by atoms with Gasteiger partial charge in [-0.1, -0.05) is 18.2 Å². The van der Waals surface area contributed by atoms with Crippen LogP contribution in [0, 0.1) is 11.6 Å². The van der Waals surface area contributed by atoms with E-state index in [1.54, 1.807) is 25.1 Å². The third-order valence-corrected chi connectivity index (χ3v) is 4.35. The number of carbonyl (C=O) groups is 1. The maximum absolute atomic E-state index is 13.9. The molecule has 0 saturated heterocycles. The zero-order valence-corrected chi connectivity index (χ0v) is 13.5. The molecule has 0 amide bonds. The van der Waals surface area contributed by atoms with Crippen LogP contribution < -0.4 is 0 Å². The van der Waals surface area contributed by atoms with E-state index in [1.165, 1.54) is 6.07 Å². The van der Waals surface area contributed by atoms with E-state index in [9.17, 15) is 13.6 Å². The third-order valence-electron chi connectivity index (χ3n) is 4.35. The fourth-order valence-corrected chi connectivity index (χ4v) is 2.82. The lowest BCUT2D eigenvalue weighted by Gasteiger charge is -2.24. The highest BCUT2D eigenvalue weighted by Crippen LogP contribution is 2.24. The number of aromatic nitrogens is 1. The Balaban J connectivity index is 1.80. The predicted octanol–water partition coefficient (Wildman–Crippen LogP) is 4.32. The Bertz CT molecular complexity index is 888. The highest BCUT2D eigenvalue weighted by atomic mass is 19.1. The van der Waals surface area contributed by atoms with Gasteiger partial charge in [0.2, 0.25) is 0 Å². The maximum atomic E-state index is 13.9. The minimum Gasteiger partial charge on any atom is -0.360 e. The van der Waals surface area contributed by atoms with E-state index in [2.05, 4.69) is 4.98 Å². The first-order valence-electron chi connectivity index (χ1n) is 7.72. The molecule has 0 fully saturated rings. The van der Waals surface area contributed by atoms with E-state index in [0.717, 1.165) is 23.0 Å². The summed E-state index contributed by atoms with van der Waals surface area (Å²) in [7, 11) is 1.72. The lowest BCUT2D eigenvalue weighted by Crippen LogP contribution is -2.29. The van der Waals surface area contributed by atoms with E-state index in [1.807, 2.05) is 24.3 Å². The molecule has 3 nitrogen and oxygen atoms in total. The van der Waals surface area contributed by atoms with Crippen molar-refractivity contribution in [2.45, 2.75) is 13.0 Å². The zero-order chi connectivity index (χ0) is 17.3. The van der Waals surface area contributed by atoms with Crippen molar-refractivity contribution in [1.29, 1.82) is 0 Å². The first-order chi connectivity index (χ1) is 11.5. The van der Waals surface area contributed by atoms with E-state index in [-0.39, 0.29) is 17.9 Å². The molecule has 0 aliphatic heterocycles. The molecule has 3 rings (SSSR count). The van der Waals surface area contributed by atoms with Crippen molar-refractivity contribution in [2.24, 2.45) is 0 Å². The molecule has 0 saturated carbocycles. The van der Waals surface area contributed by atoms with Crippen LogP contribution in [0.15, 0.2) is 48.7 Å². The summed E-state index contributed by atoms with van der Waals surface area (Å²) in [5.74, 6) is -1.04. The molecule has 1 N–H and O–H groups in total. The van der Waals surface area contributed by atoms with Crippen LogP contribution in [0.2, 0.25) is 0 Å². The van der Waals surface area contributed by atoms with E-state index in [0.29, 0.717) is 5.56 Å². The number of aromatic amines is 1. The van der Waals surface area contributed by atoms with Crippen LogP contribution >= 0.6 is 0 Å². The summed E-state index contributed by atoms with van der Waals surface area (Å²) in [6.07, 6.45) is 1.69. The topological polar surface area (TPSA) is 36.1 Å². The summed E-state index contributed by atoms with van der Waals surface area (Å²) in [5, 5.41) is 0.862. The molecule has 2 aromatic carbocycles. The van der Waals surface area contributed by atoms with Crippen molar-refractivity contribution in [3.63, 3.8) is 0 Å². The highest BCUT2D eigenvalue weighted by molar-refractivity contribution is 6.08. The second kappa shape index (κ2) is 6.53. The maximum Gasteiger partial charge on any atom is 0.178 e. The summed E-state index contributed by atoms with van der Waals surface area (Å²) in [6.45, 7) is 1.86. The number of fused-ring (bicyclic) bond motifs is 1. The average molecular weight is 328 g/mol. The largest absolute Gasteiger partial charge is 0.360 e. The van der Waals surface area contributed by atoms with Gasteiger partial charge in [0.05, 0.1) is 6.54 Å². The van der Waals surface area contributed by atoms with Gasteiger partial charge in [-0.15, -0.1) is 0 Å². The summed E-state index contributed by atoms with van der Waals surface area (Å²) in [5.41, 5.74) is 1.74. The van der Waals surface area contributed by atoms with Crippen molar-refractivity contribution in [2.75, 3.05) is 13.6 Å². The van der Waals surface area contributed by atoms with Gasteiger partial charge < -0.3 is 4.98 Å². The summed E-state index contributed by atoms with van der Waals surface area (Å²) < 4.78 is 27.3. The average Bonchev–Trinajstić information content (AvgIpc) is 3.00. The van der Waals surface area contributed by atoms with Gasteiger partial charge in [-0.3, -0.25) is 9.69 Å². The molecule has 1 heterocycles. The summed E-state index contributed by atoms with van der Waals surface area (Å²) in [6, 6.07) is 10.5. The molecule has 124 valence electrons. The van der Waals surface area contributed by atoms with Crippen LogP contribution in [0.5, 0.6) is 0 Å². The number of ketones is 1. The Kier molecular flexibility index (Phi) is 4.44. The van der Waals surface area contributed by atoms with Crippen LogP contribution in [0.4, 0.5) is 8.78 Å². The second-order valence-corrected chi connectivity index (χ2v) is 5.93. The minimum absolute atomic E-state index is 0.0707. The number of para-hydroxylation sites is 1. The monoisotopic (exact) mass is 328 g/mol. The predicted molar refractivity (Wildman–Crippen MR) is 90.0 cm³/mol. The number of hydrogen-bond acceptors (Lipinski definition) is 2. The standard InChI is InChI=1S/C19H18F2N2O/c1-12(15-9-13(20)7-8-17(15)21)23(2)11-19(24)16-10-22-18-6-4-3-5-14(16)18/h3-10,12,22H,11H2,1-2H3. The number of carbonyl (C=O) groups excluding carboxylic acids is 1. The number of likely N-dealkylation sites (N-methyl/N-ethyl adjacent to an activating group) is 1. The molecule has 0 aliphatic rings. The Morgan fingerprint density at radius 1 is 1.21 bits per heavy atom. The normalized spacial score (nSPS) is 12.7. The quantitative estimate of drug-likeness (QED) is 0.708. The number of nitrogens with one attached hydrogen (secondary N) is 1. The highest BCUT2D eigenvalue weighted by Gasteiger charge is 2.20. The van der Waals surface area contributed by atoms with Crippen LogP contribution in [-0.2, 0) is 0 Å². The Morgan fingerprint density at radius 2 is 1.96 bits per heavy atom. The number of H-pyrrole nitrogens is 1. The Labute approximate surface area is 138 Å². The molecule has 5 heteroatoms. The van der Waals surface area contributed by atoms with Gasteiger partial charge in [-0.05, 0) is 38.2 Å². The van der Waals surface area contributed by atoms with Gasteiger partial charge in [-0.25, -0.2) is 8.78 Å². The van der Waals surface area contributed by atoms with Crippen molar-refractivity contribution in [3.05, 3.63) is 71.4 Å². The van der Waals surface area contributed by atoms with Crippen LogP contribution in [0.3, 0.4) is 0 Å². The van der Waals surface area contributed by atoms with Crippen molar-refractivity contribution < 1.29 is 13.6 Å². The van der Waals surface area contributed by atoms with Gasteiger partial charge in [0, 0.05) is 34.3 Å². The van der Waals surface area contributed by atoms with Crippen molar-refractivity contribution in [3.8, 4) is 0 Å². The lowest BCUT2D eigenvalue weighted by atomic mass is 10.0. The fourth-order valence-electron chi connectivity index (χ4n) is 2.82. The molecule has 1 unspecified atom stereocenters. The Morgan fingerprint density at radius 3 is 2.75 bits per heavy atom. The Hall–Kier alpha value is -2.53. The molecule has 0 spiro atoms. The molecule has 1 aromatic heterocycles. The van der Waals surface area contributed by atoms with Gasteiger partial charge in [0.15, 0.2) is 5.78 Å². The second-order valence-electron chi connectivity index (χ2n) is 5.93. The van der Waals surface area contributed by atoms with Crippen molar-refractivity contribution in [1.82, 2.24) is 9.88 Å². The first kappa shape index (κ1) is 16.3. The number of hydrogen-bond donors (Lipinski definition) is 1. The van der Waals surface area contributed by atoms with Crippen LogP contribution in [0.25, 0.3) is 10.9 Å². The number of halogens is 2. The van der Waals surface area contributed by atoms with E-state index < -0.39 is 17.7 Å². The molecular weight excluding hydrogens is 310 g/mol. The van der Waals surface area contributed by atoms with Crippen LogP contribution in [-0.4, -0.2) is 29.3 Å². The van der Waals surface area contributed by atoms with Gasteiger partial charge in [0.1, 0.15) is 11.6 Å². The van der Waals surface area contributed by atoms with Gasteiger partial charge >= 0.3 is 0 Å². The smallest absolute Gasteiger partial charge is 0.178 e. The fraction of sp³-hybridized carbons (Fsp3) is 0.211. The zero-order valence-electron chi connectivity index (χ0n) is 13.5. The number of nitrogens with zero attached hydrogens (tertiary/aromatic N) is 1. The minimum atomic E-state index is -0.491.